The summed E-state index contributed by atoms with van der Waals surface area (Å²) in [5.74, 6) is 0.999. The van der Waals surface area contributed by atoms with Crippen LogP contribution in [0.25, 0.3) is 11.4 Å². The monoisotopic (exact) mass is 354 g/mol. The van der Waals surface area contributed by atoms with Gasteiger partial charge < -0.3 is 10.2 Å². The third kappa shape index (κ3) is 3.51. The van der Waals surface area contributed by atoms with Crippen molar-refractivity contribution in [3.8, 4) is 11.4 Å². The van der Waals surface area contributed by atoms with Crippen LogP contribution in [-0.4, -0.2) is 20.7 Å². The molecule has 0 aliphatic rings. The molecule has 7 heteroatoms. The van der Waals surface area contributed by atoms with Crippen LogP contribution in [0.15, 0.2) is 64.9 Å². The molecule has 0 unspecified atom stereocenters. The molecule has 1 atom stereocenters. The van der Waals surface area contributed by atoms with Gasteiger partial charge in [0.05, 0.1) is 11.8 Å². The summed E-state index contributed by atoms with van der Waals surface area (Å²) in [6, 6.07) is 11.2. The standard InChI is InChI=1S/C18H18N4O2S/c1-3-10-22-17(14-9-11-24-12(14)2)20-21-18(22)25-15(16(19)23)13-7-5-4-6-8-13/h3-9,11,15H,1,10H2,2H3,(H2,19,23)/t15-/m1/s1. The number of hydrogen-bond donors (Lipinski definition) is 1. The minimum atomic E-state index is -0.549. The van der Waals surface area contributed by atoms with Gasteiger partial charge in [-0.1, -0.05) is 48.2 Å². The van der Waals surface area contributed by atoms with E-state index < -0.39 is 11.2 Å². The molecule has 1 amide bonds. The van der Waals surface area contributed by atoms with Crippen LogP contribution in [0.2, 0.25) is 0 Å². The Labute approximate surface area is 149 Å². The molecule has 0 radical (unpaired) electrons. The first kappa shape index (κ1) is 17.0. The Morgan fingerprint density at radius 2 is 2.12 bits per heavy atom. The van der Waals surface area contributed by atoms with Crippen molar-refractivity contribution in [2.75, 3.05) is 0 Å². The Balaban J connectivity index is 1.99. The molecule has 0 bridgehead atoms. The Bertz CT molecular complexity index is 886. The van der Waals surface area contributed by atoms with Gasteiger partial charge in [-0.3, -0.25) is 9.36 Å². The Kier molecular flexibility index (Phi) is 5.04. The first-order valence-corrected chi connectivity index (χ1v) is 8.59. The van der Waals surface area contributed by atoms with E-state index in [1.165, 1.54) is 11.8 Å². The van der Waals surface area contributed by atoms with Gasteiger partial charge >= 0.3 is 0 Å². The van der Waals surface area contributed by atoms with Crippen LogP contribution in [0, 0.1) is 6.92 Å². The number of aromatic nitrogens is 3. The van der Waals surface area contributed by atoms with Gasteiger partial charge in [-0.05, 0) is 18.6 Å². The maximum absolute atomic E-state index is 12.0. The maximum Gasteiger partial charge on any atom is 0.235 e. The minimum absolute atomic E-state index is 0.426. The molecule has 2 heterocycles. The van der Waals surface area contributed by atoms with Gasteiger partial charge in [-0.2, -0.15) is 0 Å². The van der Waals surface area contributed by atoms with Gasteiger partial charge in [-0.25, -0.2) is 0 Å². The fourth-order valence-corrected chi connectivity index (χ4v) is 3.51. The predicted molar refractivity (Wildman–Crippen MR) is 96.9 cm³/mol. The lowest BCUT2D eigenvalue weighted by Gasteiger charge is -2.14. The second-order valence-corrected chi connectivity index (χ2v) is 6.48. The lowest BCUT2D eigenvalue weighted by atomic mass is 10.1. The molecule has 1 aromatic carbocycles. The number of allylic oxidation sites excluding steroid dienone is 1. The van der Waals surface area contributed by atoms with E-state index in [1.807, 2.05) is 47.9 Å². The fourth-order valence-electron chi connectivity index (χ4n) is 2.51. The lowest BCUT2D eigenvalue weighted by Crippen LogP contribution is -2.19. The first-order valence-electron chi connectivity index (χ1n) is 7.71. The summed E-state index contributed by atoms with van der Waals surface area (Å²) in [6.07, 6.45) is 3.37. The summed E-state index contributed by atoms with van der Waals surface area (Å²) in [7, 11) is 0. The highest BCUT2D eigenvalue weighted by Crippen LogP contribution is 2.36. The number of carbonyl (C=O) groups excluding carboxylic acids is 1. The van der Waals surface area contributed by atoms with Crippen LogP contribution >= 0.6 is 11.8 Å². The van der Waals surface area contributed by atoms with E-state index in [0.29, 0.717) is 17.5 Å². The van der Waals surface area contributed by atoms with Crippen molar-refractivity contribution in [1.82, 2.24) is 14.8 Å². The van der Waals surface area contributed by atoms with E-state index in [4.69, 9.17) is 10.2 Å². The smallest absolute Gasteiger partial charge is 0.235 e. The van der Waals surface area contributed by atoms with E-state index in [9.17, 15) is 4.79 Å². The Hall–Kier alpha value is -2.80. The van der Waals surface area contributed by atoms with Gasteiger partial charge in [0.15, 0.2) is 11.0 Å². The number of thioether (sulfide) groups is 1. The van der Waals surface area contributed by atoms with Gasteiger partial charge in [0.1, 0.15) is 11.0 Å². The zero-order valence-electron chi connectivity index (χ0n) is 13.8. The zero-order chi connectivity index (χ0) is 17.8. The molecule has 0 saturated carbocycles. The average Bonchev–Trinajstić information content (AvgIpc) is 3.19. The fraction of sp³-hybridized carbons (Fsp3) is 0.167. The molecular weight excluding hydrogens is 336 g/mol. The SMILES string of the molecule is C=CCn1c(S[C@@H](C(N)=O)c2ccccc2)nnc1-c1ccoc1C. The summed E-state index contributed by atoms with van der Waals surface area (Å²) < 4.78 is 7.26. The molecule has 128 valence electrons. The molecule has 0 spiro atoms. The number of amides is 1. The van der Waals surface area contributed by atoms with Gasteiger partial charge in [0.2, 0.25) is 5.91 Å². The molecule has 0 aliphatic heterocycles. The van der Waals surface area contributed by atoms with Crippen LogP contribution < -0.4 is 5.73 Å². The average molecular weight is 354 g/mol. The summed E-state index contributed by atoms with van der Waals surface area (Å²) >= 11 is 1.28. The normalized spacial score (nSPS) is 12.0. The van der Waals surface area contributed by atoms with E-state index in [0.717, 1.165) is 16.9 Å². The number of rotatable bonds is 7. The van der Waals surface area contributed by atoms with E-state index >= 15 is 0 Å². The molecule has 2 N–H and O–H groups in total. The van der Waals surface area contributed by atoms with E-state index in [1.54, 1.807) is 12.3 Å². The molecule has 0 fully saturated rings. The number of primary amides is 1. The molecule has 0 aliphatic carbocycles. The molecule has 0 saturated heterocycles. The van der Waals surface area contributed by atoms with Crippen LogP contribution in [0.3, 0.4) is 0 Å². The van der Waals surface area contributed by atoms with Gasteiger partial charge in [-0.15, -0.1) is 16.8 Å². The van der Waals surface area contributed by atoms with Crippen LogP contribution in [0.4, 0.5) is 0 Å². The van der Waals surface area contributed by atoms with Crippen molar-refractivity contribution in [2.24, 2.45) is 5.73 Å². The van der Waals surface area contributed by atoms with Crippen molar-refractivity contribution in [3.05, 3.63) is 66.6 Å². The highest BCUT2D eigenvalue weighted by molar-refractivity contribution is 8.00. The molecule has 3 rings (SSSR count). The van der Waals surface area contributed by atoms with Crippen molar-refractivity contribution in [2.45, 2.75) is 23.9 Å². The van der Waals surface area contributed by atoms with Crippen molar-refractivity contribution in [3.63, 3.8) is 0 Å². The Morgan fingerprint density at radius 1 is 1.36 bits per heavy atom. The molecule has 25 heavy (non-hydrogen) atoms. The predicted octanol–water partition coefficient (Wildman–Crippen LogP) is 3.35. The van der Waals surface area contributed by atoms with Crippen molar-refractivity contribution in [1.29, 1.82) is 0 Å². The third-order valence-corrected chi connectivity index (χ3v) is 4.97. The quantitative estimate of drug-likeness (QED) is 0.519. The van der Waals surface area contributed by atoms with Crippen molar-refractivity contribution >= 4 is 17.7 Å². The topological polar surface area (TPSA) is 86.9 Å². The zero-order valence-corrected chi connectivity index (χ0v) is 14.6. The second kappa shape index (κ2) is 7.40. The maximum atomic E-state index is 12.0. The number of hydrogen-bond acceptors (Lipinski definition) is 5. The molecule has 3 aromatic rings. The lowest BCUT2D eigenvalue weighted by molar-refractivity contribution is -0.117. The van der Waals surface area contributed by atoms with Crippen molar-refractivity contribution < 1.29 is 9.21 Å². The number of nitrogens with two attached hydrogens (primary N) is 1. The Morgan fingerprint density at radius 3 is 2.72 bits per heavy atom. The highest BCUT2D eigenvalue weighted by atomic mass is 32.2. The van der Waals surface area contributed by atoms with Crippen LogP contribution in [-0.2, 0) is 11.3 Å². The summed E-state index contributed by atoms with van der Waals surface area (Å²) in [4.78, 5) is 12.0. The molecule has 2 aromatic heterocycles. The number of furan rings is 1. The number of benzene rings is 1. The number of aryl methyl sites for hydroxylation is 1. The second-order valence-electron chi connectivity index (χ2n) is 5.41. The molecular formula is C18H18N4O2S. The largest absolute Gasteiger partial charge is 0.469 e. The third-order valence-electron chi connectivity index (χ3n) is 3.71. The van der Waals surface area contributed by atoms with Gasteiger partial charge in [0, 0.05) is 6.54 Å². The number of nitrogens with zero attached hydrogens (tertiary/aromatic N) is 3. The highest BCUT2D eigenvalue weighted by Gasteiger charge is 2.24. The molecule has 6 nitrogen and oxygen atoms in total. The summed E-state index contributed by atoms with van der Waals surface area (Å²) in [5.41, 5.74) is 7.30. The van der Waals surface area contributed by atoms with E-state index in [-0.39, 0.29) is 0 Å². The summed E-state index contributed by atoms with van der Waals surface area (Å²) in [5, 5.41) is 8.59. The van der Waals surface area contributed by atoms with E-state index in [2.05, 4.69) is 16.8 Å². The van der Waals surface area contributed by atoms with Gasteiger partial charge in [0.25, 0.3) is 0 Å². The minimum Gasteiger partial charge on any atom is -0.469 e. The van der Waals surface area contributed by atoms with Crippen LogP contribution in [0.1, 0.15) is 16.6 Å². The number of carbonyl (C=O) groups is 1. The van der Waals surface area contributed by atoms with Crippen LogP contribution in [0.5, 0.6) is 0 Å². The first-order chi connectivity index (χ1) is 12.1. The summed E-state index contributed by atoms with van der Waals surface area (Å²) in [6.45, 7) is 6.17.